The van der Waals surface area contributed by atoms with E-state index in [1.165, 1.54) is 5.56 Å². The second-order valence-electron chi connectivity index (χ2n) is 9.55. The summed E-state index contributed by atoms with van der Waals surface area (Å²) in [4.78, 5) is 0. The number of hydrogen-bond donors (Lipinski definition) is 0. The maximum absolute atomic E-state index is 11.3. The first-order valence-corrected chi connectivity index (χ1v) is 11.7. The van der Waals surface area contributed by atoms with Gasteiger partial charge >= 0.3 is 105 Å². The molecule has 0 aliphatic carbocycles. The van der Waals surface area contributed by atoms with Crippen LogP contribution in [0.5, 0.6) is 17.2 Å². The molecule has 3 nitrogen and oxygen atoms in total. The third-order valence-corrected chi connectivity index (χ3v) is 5.53. The van der Waals surface area contributed by atoms with Gasteiger partial charge in [0.25, 0.3) is 0 Å². The molecular weight excluding hydrogens is 880 g/mol. The van der Waals surface area contributed by atoms with Gasteiger partial charge in [-0.25, -0.2) is 0 Å². The molecule has 3 aromatic rings. The summed E-state index contributed by atoms with van der Waals surface area (Å²) in [7, 11) is 0. The summed E-state index contributed by atoms with van der Waals surface area (Å²) in [6.45, 7) is 18.3. The number of benzene rings is 3. The summed E-state index contributed by atoms with van der Waals surface area (Å²) >= 11 is 0. The van der Waals surface area contributed by atoms with Gasteiger partial charge in [-0.1, -0.05) is 113 Å². The maximum atomic E-state index is 11.3. The molecule has 0 fully saturated rings. The van der Waals surface area contributed by atoms with Crippen LogP contribution in [0, 0.1) is 20.8 Å². The van der Waals surface area contributed by atoms with E-state index < -0.39 is 0 Å². The quantitative estimate of drug-likeness (QED) is 0.294. The molecule has 0 aliphatic heterocycles. The standard InChI is InChI=1S/3C10H14O.3ClH.4Zr/c1-7(2)10-5-4-9(11)6-8(10)3;1-7(2)9-5-4-8(3)10(11)6-9;1-7(2)9-5-4-8(3)6-10(9)11;;;;;;;/h3*4-7,11H,1-3H3;3*1H;;;;/q;;;;;;4*+4/p-6. The van der Waals surface area contributed by atoms with Gasteiger partial charge < -0.3 is 52.5 Å². The van der Waals surface area contributed by atoms with E-state index in [9.17, 15) is 15.3 Å². The summed E-state index contributed by atoms with van der Waals surface area (Å²) in [6.07, 6.45) is 0. The predicted molar refractivity (Wildman–Crippen MR) is 134 cm³/mol. The molecule has 0 heterocycles. The van der Waals surface area contributed by atoms with Crippen LogP contribution in [0.25, 0.3) is 0 Å². The fourth-order valence-corrected chi connectivity index (χ4v) is 3.39. The van der Waals surface area contributed by atoms with Crippen molar-refractivity contribution in [2.45, 2.75) is 80.1 Å². The van der Waals surface area contributed by atoms with Gasteiger partial charge in [-0.3, -0.25) is 0 Å². The second kappa shape index (κ2) is 29.2. The second-order valence-corrected chi connectivity index (χ2v) is 9.55. The molecule has 0 saturated carbocycles. The SMILES string of the molecule is Cc1cc([O-])ccc1C(C)C.Cc1ccc(C(C)C)c([O-])c1.Cc1ccc(C(C)C)cc1[O-].[Cl-].[Cl-].[Cl-].[Zr+4].[Zr+4].[Zr+4].[Zr+4]. The summed E-state index contributed by atoms with van der Waals surface area (Å²) in [5.74, 6) is 1.71. The molecule has 0 unspecified atom stereocenters. The van der Waals surface area contributed by atoms with Crippen LogP contribution in [0.1, 0.15) is 92.7 Å². The Morgan fingerprint density at radius 2 is 0.950 bits per heavy atom. The van der Waals surface area contributed by atoms with E-state index in [-0.39, 0.29) is 159 Å². The number of halogens is 3. The van der Waals surface area contributed by atoms with Gasteiger partial charge in [0.2, 0.25) is 0 Å². The van der Waals surface area contributed by atoms with Gasteiger partial charge in [-0.15, -0.1) is 17.2 Å². The molecule has 40 heavy (non-hydrogen) atoms. The van der Waals surface area contributed by atoms with E-state index in [1.54, 1.807) is 24.3 Å². The molecule has 0 saturated heterocycles. The monoisotopic (exact) mass is 912 g/mol. The Balaban J connectivity index is -0.0000000751. The Hall–Kier alpha value is 1.46. The molecule has 0 aliphatic rings. The first-order chi connectivity index (χ1) is 15.3. The summed E-state index contributed by atoms with van der Waals surface area (Å²) in [5, 5.41) is 33.3. The number of rotatable bonds is 3. The van der Waals surface area contributed by atoms with Crippen molar-refractivity contribution >= 4 is 0 Å². The van der Waals surface area contributed by atoms with Crippen LogP contribution in [0.2, 0.25) is 0 Å². The zero-order valence-corrected chi connectivity index (χ0v) is 36.9. The van der Waals surface area contributed by atoms with Crippen molar-refractivity contribution in [2.24, 2.45) is 0 Å². The van der Waals surface area contributed by atoms with Crippen LogP contribution < -0.4 is 52.5 Å². The van der Waals surface area contributed by atoms with E-state index in [4.69, 9.17) is 0 Å². The summed E-state index contributed by atoms with van der Waals surface area (Å²) in [6, 6.07) is 16.5. The normalized spacial score (nSPS) is 8.70. The van der Waals surface area contributed by atoms with E-state index in [0.717, 1.165) is 27.8 Å². The molecular formula is C30H39Cl3O3Zr4+10. The van der Waals surface area contributed by atoms with Gasteiger partial charge in [0.1, 0.15) is 0 Å². The maximum Gasteiger partial charge on any atom is 4.00 e. The minimum absolute atomic E-state index is 0. The van der Waals surface area contributed by atoms with Gasteiger partial charge in [0, 0.05) is 0 Å². The van der Waals surface area contributed by atoms with E-state index >= 15 is 0 Å². The molecule has 3 aromatic carbocycles. The molecule has 0 radical (unpaired) electrons. The predicted octanol–water partition coefficient (Wildman–Crippen LogP) is -2.42. The molecule has 0 N–H and O–H groups in total. The first kappa shape index (κ1) is 57.2. The van der Waals surface area contributed by atoms with Crippen molar-refractivity contribution in [3.8, 4) is 17.2 Å². The first-order valence-electron chi connectivity index (χ1n) is 11.7. The topological polar surface area (TPSA) is 69.2 Å². The minimum Gasteiger partial charge on any atom is -1.00 e. The van der Waals surface area contributed by atoms with Gasteiger partial charge in [0.05, 0.1) is 0 Å². The Kier molecular flexibility index (Phi) is 41.7. The molecule has 204 valence electrons. The van der Waals surface area contributed by atoms with Crippen molar-refractivity contribution in [3.63, 3.8) is 0 Å². The molecule has 3 rings (SSSR count). The van der Waals surface area contributed by atoms with E-state index in [2.05, 4.69) is 27.7 Å². The number of aryl methyl sites for hydroxylation is 3. The van der Waals surface area contributed by atoms with E-state index in [0.29, 0.717) is 17.8 Å². The Morgan fingerprint density at radius 3 is 1.32 bits per heavy atom. The average molecular weight is 919 g/mol. The van der Waals surface area contributed by atoms with Crippen molar-refractivity contribution in [1.29, 1.82) is 0 Å². The Bertz CT molecular complexity index is 995. The molecule has 0 aromatic heterocycles. The third kappa shape index (κ3) is 21.2. The Morgan fingerprint density at radius 1 is 0.475 bits per heavy atom. The van der Waals surface area contributed by atoms with E-state index in [1.807, 2.05) is 65.0 Å². The van der Waals surface area contributed by atoms with Gasteiger partial charge in [-0.05, 0) is 55.2 Å². The third-order valence-electron chi connectivity index (χ3n) is 5.53. The van der Waals surface area contributed by atoms with Crippen molar-refractivity contribution < 1.29 is 157 Å². The fraction of sp³-hybridized carbons (Fsp3) is 0.400. The van der Waals surface area contributed by atoms with Crippen LogP contribution in [0.4, 0.5) is 0 Å². The molecule has 0 spiro atoms. The van der Waals surface area contributed by atoms with Crippen molar-refractivity contribution in [3.05, 3.63) is 88.0 Å². The zero-order valence-electron chi connectivity index (χ0n) is 24.8. The molecule has 10 heteroatoms. The largest absolute Gasteiger partial charge is 4.00 e. The molecule has 0 amide bonds. The smallest absolute Gasteiger partial charge is 1.00 e. The fourth-order valence-electron chi connectivity index (χ4n) is 3.39. The van der Waals surface area contributed by atoms with Crippen LogP contribution >= 0.6 is 0 Å². The zero-order chi connectivity index (χ0) is 25.3. The van der Waals surface area contributed by atoms with Crippen LogP contribution in [-0.2, 0) is 105 Å². The van der Waals surface area contributed by atoms with Gasteiger partial charge in [-0.2, -0.15) is 0 Å². The average Bonchev–Trinajstić information content (AvgIpc) is 2.70. The minimum atomic E-state index is 0. The number of hydrogen-bond acceptors (Lipinski definition) is 3. The molecule has 0 bridgehead atoms. The van der Waals surface area contributed by atoms with Gasteiger partial charge in [0.15, 0.2) is 0 Å². The summed E-state index contributed by atoms with van der Waals surface area (Å²) < 4.78 is 0. The van der Waals surface area contributed by atoms with Crippen LogP contribution in [0.3, 0.4) is 0 Å². The van der Waals surface area contributed by atoms with Crippen LogP contribution in [0.15, 0.2) is 54.6 Å². The molecule has 0 atom stereocenters. The van der Waals surface area contributed by atoms with Crippen LogP contribution in [-0.4, -0.2) is 0 Å². The van der Waals surface area contributed by atoms with Crippen molar-refractivity contribution in [1.82, 2.24) is 0 Å². The van der Waals surface area contributed by atoms with Crippen molar-refractivity contribution in [2.75, 3.05) is 0 Å². The summed E-state index contributed by atoms with van der Waals surface area (Å²) in [5.41, 5.74) is 6.28. The Labute approximate surface area is 338 Å².